The van der Waals surface area contributed by atoms with Gasteiger partial charge >= 0.3 is 0 Å². The van der Waals surface area contributed by atoms with Gasteiger partial charge in [-0.2, -0.15) is 0 Å². The van der Waals surface area contributed by atoms with Crippen molar-refractivity contribution in [3.05, 3.63) is 94.5 Å². The van der Waals surface area contributed by atoms with E-state index in [4.69, 9.17) is 56.7 Å². The molecule has 0 aliphatic carbocycles. The van der Waals surface area contributed by atoms with Crippen LogP contribution in [0.5, 0.6) is 0 Å². The van der Waals surface area contributed by atoms with Crippen molar-refractivity contribution >= 4 is 63.9 Å². The minimum Gasteiger partial charge on any atom is -0.356 e. The number of carbonyl (C=O) groups excluding carboxylic acids is 2. The molecule has 2 amide bonds. The smallest absolute Gasteiger partial charge is 0.260 e. The summed E-state index contributed by atoms with van der Waals surface area (Å²) in [6.07, 6.45) is 0. The van der Waals surface area contributed by atoms with Crippen molar-refractivity contribution in [2.75, 3.05) is 11.4 Å². The number of nitrogens with one attached hydrogen (secondary N) is 1. The summed E-state index contributed by atoms with van der Waals surface area (Å²) in [5.41, 5.74) is 9.05. The van der Waals surface area contributed by atoms with E-state index in [9.17, 15) is 9.59 Å². The van der Waals surface area contributed by atoms with Crippen LogP contribution in [0.15, 0.2) is 83.4 Å². The van der Waals surface area contributed by atoms with Crippen LogP contribution in [0.4, 0.5) is 5.69 Å². The molecular formula is C30H28Cl4N4O3. The lowest BCUT2D eigenvalue weighted by Crippen LogP contribution is -2.51. The minimum atomic E-state index is -1.33. The molecule has 0 radical (unpaired) electrons. The number of anilines is 1. The number of aromatic nitrogens is 1. The van der Waals surface area contributed by atoms with Crippen LogP contribution in [0.25, 0.3) is 22.6 Å². The van der Waals surface area contributed by atoms with E-state index >= 15 is 0 Å². The quantitative estimate of drug-likeness (QED) is 0.179. The van der Waals surface area contributed by atoms with E-state index in [-0.39, 0.29) is 18.4 Å². The lowest BCUT2D eigenvalue weighted by atomic mass is 10.0. The fourth-order valence-electron chi connectivity index (χ4n) is 4.24. The van der Waals surface area contributed by atoms with Gasteiger partial charge in [-0.1, -0.05) is 114 Å². The highest BCUT2D eigenvalue weighted by atomic mass is 35.5. The van der Waals surface area contributed by atoms with Crippen molar-refractivity contribution in [1.29, 1.82) is 0 Å². The molecule has 41 heavy (non-hydrogen) atoms. The normalized spacial score (nSPS) is 12.8. The van der Waals surface area contributed by atoms with Crippen molar-refractivity contribution < 1.29 is 14.1 Å². The fourth-order valence-corrected chi connectivity index (χ4v) is 5.07. The second-order valence-electron chi connectivity index (χ2n) is 9.72. The Morgan fingerprint density at radius 1 is 0.951 bits per heavy atom. The molecule has 4 aromatic rings. The lowest BCUT2D eigenvalue weighted by molar-refractivity contribution is -0.124. The van der Waals surface area contributed by atoms with Gasteiger partial charge in [0.15, 0.2) is 10.6 Å². The molecule has 3 N–H and O–H groups in total. The van der Waals surface area contributed by atoms with Gasteiger partial charge in [0.25, 0.3) is 5.91 Å². The summed E-state index contributed by atoms with van der Waals surface area (Å²) >= 11 is 24.8. The summed E-state index contributed by atoms with van der Waals surface area (Å²) in [5, 5.41) is 8.01. The van der Waals surface area contributed by atoms with E-state index in [0.29, 0.717) is 43.9 Å². The Bertz CT molecular complexity index is 1490. The van der Waals surface area contributed by atoms with Gasteiger partial charge < -0.3 is 20.5 Å². The first-order valence-electron chi connectivity index (χ1n) is 12.8. The molecule has 0 unspecified atom stereocenters. The van der Waals surface area contributed by atoms with Gasteiger partial charge in [0.1, 0.15) is 11.7 Å². The maximum atomic E-state index is 13.2. The Kier molecular flexibility index (Phi) is 10.3. The topological polar surface area (TPSA) is 101 Å². The summed E-state index contributed by atoms with van der Waals surface area (Å²) in [6.45, 7) is 3.97. The van der Waals surface area contributed by atoms with Crippen LogP contribution in [0.1, 0.15) is 25.5 Å². The van der Waals surface area contributed by atoms with Crippen LogP contribution in [0, 0.1) is 5.92 Å². The van der Waals surface area contributed by atoms with Gasteiger partial charge in [-0.25, -0.2) is 0 Å². The fraction of sp³-hybridized carbons (Fsp3) is 0.233. The molecule has 0 saturated heterocycles. The first-order valence-corrected chi connectivity index (χ1v) is 14.4. The maximum Gasteiger partial charge on any atom is 0.260 e. The first-order chi connectivity index (χ1) is 19.6. The average Bonchev–Trinajstić information content (AvgIpc) is 3.44. The zero-order chi connectivity index (χ0) is 29.7. The van der Waals surface area contributed by atoms with Gasteiger partial charge in [-0.15, -0.1) is 0 Å². The van der Waals surface area contributed by atoms with E-state index in [1.807, 2.05) is 38.1 Å². The van der Waals surface area contributed by atoms with Gasteiger partial charge in [0, 0.05) is 35.5 Å². The zero-order valence-corrected chi connectivity index (χ0v) is 25.3. The summed E-state index contributed by atoms with van der Waals surface area (Å²) in [6, 6.07) is 21.7. The average molecular weight is 634 g/mol. The molecule has 0 saturated carbocycles. The van der Waals surface area contributed by atoms with Crippen LogP contribution in [-0.2, 0) is 9.59 Å². The Morgan fingerprint density at radius 3 is 2.24 bits per heavy atom. The third-order valence-corrected chi connectivity index (χ3v) is 7.58. The molecule has 11 heteroatoms. The van der Waals surface area contributed by atoms with E-state index in [2.05, 4.69) is 10.5 Å². The van der Waals surface area contributed by atoms with E-state index in [1.54, 1.807) is 54.6 Å². The molecule has 4 rings (SSSR count). The van der Waals surface area contributed by atoms with Gasteiger partial charge in [-0.3, -0.25) is 9.59 Å². The van der Waals surface area contributed by atoms with Crippen molar-refractivity contribution in [3.8, 4) is 22.6 Å². The van der Waals surface area contributed by atoms with Gasteiger partial charge in [0.05, 0.1) is 10.0 Å². The zero-order valence-electron chi connectivity index (χ0n) is 22.2. The van der Waals surface area contributed by atoms with Crippen molar-refractivity contribution in [1.82, 2.24) is 10.5 Å². The molecule has 214 valence electrons. The number of hydrogen-bond donors (Lipinski definition) is 2. The van der Waals surface area contributed by atoms with E-state index in [0.717, 1.165) is 0 Å². The Labute approximate surface area is 258 Å². The van der Waals surface area contributed by atoms with Crippen LogP contribution in [0.2, 0.25) is 10.0 Å². The molecule has 2 atom stereocenters. The number of nitrogens with zero attached hydrogens (tertiary/aromatic N) is 2. The molecule has 0 spiro atoms. The SMILES string of the molecule is CC(C)[C@H](CN(C(=O)C(Cl)Cl)c1cccc(-c2cc(-c3c(Cl)cccc3Cl)no2)c1)NC(=O)[C@H](N)c1ccccc1. The molecule has 0 aliphatic rings. The first kappa shape index (κ1) is 30.9. The number of benzene rings is 3. The molecule has 3 aromatic carbocycles. The van der Waals surface area contributed by atoms with Crippen molar-refractivity contribution in [2.24, 2.45) is 11.7 Å². The summed E-state index contributed by atoms with van der Waals surface area (Å²) in [7, 11) is 0. The maximum absolute atomic E-state index is 13.2. The Hall–Kier alpha value is -3.07. The van der Waals surface area contributed by atoms with Crippen molar-refractivity contribution in [3.63, 3.8) is 0 Å². The molecular weight excluding hydrogens is 606 g/mol. The number of nitrogens with two attached hydrogens (primary N) is 1. The van der Waals surface area contributed by atoms with E-state index in [1.165, 1.54) is 4.90 Å². The predicted molar refractivity (Wildman–Crippen MR) is 165 cm³/mol. The van der Waals surface area contributed by atoms with Crippen LogP contribution in [-0.4, -0.2) is 34.4 Å². The standard InChI is InChI=1S/C30H28Cl4N4O3/c1-17(2)24(36-29(39)27(35)18-8-4-3-5-9-18)16-38(30(40)28(33)34)20-11-6-10-19(14-20)25-15-23(37-41-25)26-21(31)12-7-13-22(26)32/h3-15,17,24,27-28H,16,35H2,1-2H3,(H,36,39)/t24-,27+/m0/s1. The minimum absolute atomic E-state index is 0.0540. The molecule has 1 heterocycles. The highest BCUT2D eigenvalue weighted by molar-refractivity contribution is 6.54. The van der Waals surface area contributed by atoms with Gasteiger partial charge in [0.2, 0.25) is 5.91 Å². The summed E-state index contributed by atoms with van der Waals surface area (Å²) in [4.78, 5) is 26.4. The Balaban J connectivity index is 1.61. The third-order valence-electron chi connectivity index (χ3n) is 6.58. The number of carbonyl (C=O) groups is 2. The molecule has 0 aliphatic heterocycles. The molecule has 1 aromatic heterocycles. The lowest BCUT2D eigenvalue weighted by Gasteiger charge is -2.31. The third kappa shape index (κ3) is 7.42. The number of amides is 2. The second kappa shape index (κ2) is 13.7. The largest absolute Gasteiger partial charge is 0.356 e. The molecule has 0 fully saturated rings. The number of rotatable bonds is 10. The highest BCUT2D eigenvalue weighted by Gasteiger charge is 2.29. The highest BCUT2D eigenvalue weighted by Crippen LogP contribution is 2.36. The predicted octanol–water partition coefficient (Wildman–Crippen LogP) is 7.29. The van der Waals surface area contributed by atoms with Crippen LogP contribution >= 0.6 is 46.4 Å². The second-order valence-corrected chi connectivity index (χ2v) is 11.6. The number of alkyl halides is 2. The summed E-state index contributed by atoms with van der Waals surface area (Å²) < 4.78 is 5.60. The van der Waals surface area contributed by atoms with Crippen molar-refractivity contribution in [2.45, 2.75) is 30.8 Å². The van der Waals surface area contributed by atoms with Crippen LogP contribution < -0.4 is 16.0 Å². The number of hydrogen-bond acceptors (Lipinski definition) is 5. The molecule has 0 bridgehead atoms. The molecule has 7 nitrogen and oxygen atoms in total. The Morgan fingerprint density at radius 2 is 1.61 bits per heavy atom. The van der Waals surface area contributed by atoms with E-state index < -0.39 is 22.8 Å². The summed E-state index contributed by atoms with van der Waals surface area (Å²) in [5.74, 6) is -0.529. The number of halogens is 4. The van der Waals surface area contributed by atoms with Gasteiger partial charge in [-0.05, 0) is 35.7 Å². The monoisotopic (exact) mass is 632 g/mol. The van der Waals surface area contributed by atoms with Crippen LogP contribution in [0.3, 0.4) is 0 Å².